The van der Waals surface area contributed by atoms with Gasteiger partial charge in [-0.05, 0) is 30.0 Å². The highest BCUT2D eigenvalue weighted by Crippen LogP contribution is 2.24. The third-order valence-corrected chi connectivity index (χ3v) is 2.11. The molecule has 0 bridgehead atoms. The van der Waals surface area contributed by atoms with Crippen molar-refractivity contribution >= 4 is 5.69 Å². The van der Waals surface area contributed by atoms with Gasteiger partial charge in [-0.3, -0.25) is 0 Å². The van der Waals surface area contributed by atoms with Crippen LogP contribution in [-0.4, -0.2) is 6.54 Å². The van der Waals surface area contributed by atoms with Gasteiger partial charge in [-0.1, -0.05) is 32.9 Å². The van der Waals surface area contributed by atoms with Gasteiger partial charge in [0.25, 0.3) is 0 Å². The minimum Gasteiger partial charge on any atom is -0.385 e. The van der Waals surface area contributed by atoms with Gasteiger partial charge in [0.2, 0.25) is 0 Å². The maximum atomic E-state index is 3.32. The van der Waals surface area contributed by atoms with Crippen LogP contribution < -0.4 is 5.32 Å². The van der Waals surface area contributed by atoms with Gasteiger partial charge >= 0.3 is 0 Å². The second kappa shape index (κ2) is 3.82. The molecule has 0 fully saturated rings. The fourth-order valence-electron chi connectivity index (χ4n) is 1.30. The molecule has 0 aliphatic heterocycles. The van der Waals surface area contributed by atoms with E-state index in [-0.39, 0.29) is 5.41 Å². The number of hydrogen-bond acceptors (Lipinski definition) is 1. The third-order valence-electron chi connectivity index (χ3n) is 2.11. The normalized spacial score (nSPS) is 11.4. The lowest BCUT2D eigenvalue weighted by atomic mass is 9.87. The van der Waals surface area contributed by atoms with Crippen LogP contribution in [-0.2, 0) is 5.41 Å². The Bertz CT molecular complexity index is 271. The predicted octanol–water partition coefficient (Wildman–Crippen LogP) is 3.42. The zero-order chi connectivity index (χ0) is 9.90. The van der Waals surface area contributed by atoms with Crippen LogP contribution in [0.1, 0.15) is 33.3 Å². The van der Waals surface area contributed by atoms with Gasteiger partial charge in [0.15, 0.2) is 0 Å². The average molecular weight is 177 g/mol. The third kappa shape index (κ3) is 2.76. The molecule has 0 atom stereocenters. The quantitative estimate of drug-likeness (QED) is 0.730. The molecular weight excluding hydrogens is 158 g/mol. The van der Waals surface area contributed by atoms with E-state index in [2.05, 4.69) is 57.3 Å². The first kappa shape index (κ1) is 10.1. The lowest BCUT2D eigenvalue weighted by molar-refractivity contribution is 0.590. The number of benzene rings is 1. The molecule has 1 aromatic carbocycles. The lowest BCUT2D eigenvalue weighted by Crippen LogP contribution is -2.11. The summed E-state index contributed by atoms with van der Waals surface area (Å²) in [4.78, 5) is 0. The molecule has 0 unspecified atom stereocenters. The van der Waals surface area contributed by atoms with Crippen LogP contribution in [0.5, 0.6) is 0 Å². The van der Waals surface area contributed by atoms with Crippen LogP contribution in [0.3, 0.4) is 0 Å². The van der Waals surface area contributed by atoms with Gasteiger partial charge in [0, 0.05) is 12.2 Å². The first-order valence-corrected chi connectivity index (χ1v) is 4.88. The fraction of sp³-hybridized carbons (Fsp3) is 0.500. The van der Waals surface area contributed by atoms with E-state index in [9.17, 15) is 0 Å². The van der Waals surface area contributed by atoms with Gasteiger partial charge in [-0.2, -0.15) is 0 Å². The summed E-state index contributed by atoms with van der Waals surface area (Å²) in [5, 5.41) is 3.32. The number of anilines is 1. The van der Waals surface area contributed by atoms with Crippen LogP contribution in [0, 0.1) is 0 Å². The highest BCUT2D eigenvalue weighted by molar-refractivity contribution is 5.47. The molecule has 1 rings (SSSR count). The van der Waals surface area contributed by atoms with Crippen LogP contribution in [0.2, 0.25) is 0 Å². The summed E-state index contributed by atoms with van der Waals surface area (Å²) in [5.74, 6) is 0. The molecular formula is C12H19N. The Balaban J connectivity index is 2.92. The topological polar surface area (TPSA) is 12.0 Å². The molecule has 1 aromatic rings. The SMILES string of the molecule is CCNc1cccc(C(C)(C)C)c1. The second-order valence-corrected chi connectivity index (χ2v) is 4.36. The van der Waals surface area contributed by atoms with E-state index < -0.39 is 0 Å². The van der Waals surface area contributed by atoms with E-state index in [4.69, 9.17) is 0 Å². The van der Waals surface area contributed by atoms with E-state index >= 15 is 0 Å². The largest absolute Gasteiger partial charge is 0.385 e. The van der Waals surface area contributed by atoms with Crippen molar-refractivity contribution in [3.05, 3.63) is 29.8 Å². The van der Waals surface area contributed by atoms with Crippen molar-refractivity contribution < 1.29 is 0 Å². The summed E-state index contributed by atoms with van der Waals surface area (Å²) in [6, 6.07) is 8.63. The predicted molar refractivity (Wildman–Crippen MR) is 59.3 cm³/mol. The van der Waals surface area contributed by atoms with E-state index in [1.807, 2.05) is 0 Å². The Morgan fingerprint density at radius 3 is 2.46 bits per heavy atom. The standard InChI is InChI=1S/C12H19N/c1-5-13-11-8-6-7-10(9-11)12(2,3)4/h6-9,13H,5H2,1-4H3. The van der Waals surface area contributed by atoms with Crippen LogP contribution in [0.4, 0.5) is 5.69 Å². The molecule has 0 aromatic heterocycles. The van der Waals surface area contributed by atoms with Crippen molar-refractivity contribution in [3.63, 3.8) is 0 Å². The number of rotatable bonds is 2. The molecule has 0 heterocycles. The smallest absolute Gasteiger partial charge is 0.0343 e. The monoisotopic (exact) mass is 177 g/mol. The van der Waals surface area contributed by atoms with E-state index in [1.165, 1.54) is 11.3 Å². The first-order chi connectivity index (χ1) is 6.04. The number of nitrogens with one attached hydrogen (secondary N) is 1. The summed E-state index contributed by atoms with van der Waals surface area (Å²) in [6.45, 7) is 9.80. The van der Waals surface area contributed by atoms with Crippen LogP contribution in [0.25, 0.3) is 0 Å². The van der Waals surface area contributed by atoms with Gasteiger partial charge in [0.05, 0.1) is 0 Å². The minimum absolute atomic E-state index is 0.241. The highest BCUT2D eigenvalue weighted by Gasteiger charge is 2.12. The van der Waals surface area contributed by atoms with E-state index in [0.717, 1.165) is 6.54 Å². The molecule has 72 valence electrons. The first-order valence-electron chi connectivity index (χ1n) is 4.88. The maximum Gasteiger partial charge on any atom is 0.0343 e. The summed E-state index contributed by atoms with van der Waals surface area (Å²) in [5.41, 5.74) is 2.84. The molecule has 1 nitrogen and oxygen atoms in total. The van der Waals surface area contributed by atoms with E-state index in [1.54, 1.807) is 0 Å². The van der Waals surface area contributed by atoms with Gasteiger partial charge in [-0.15, -0.1) is 0 Å². The van der Waals surface area contributed by atoms with Crippen LogP contribution >= 0.6 is 0 Å². The molecule has 0 radical (unpaired) electrons. The van der Waals surface area contributed by atoms with Crippen molar-refractivity contribution in [2.75, 3.05) is 11.9 Å². The molecule has 0 aliphatic rings. The molecule has 0 saturated carbocycles. The Kier molecular flexibility index (Phi) is 2.97. The van der Waals surface area contributed by atoms with Crippen LogP contribution in [0.15, 0.2) is 24.3 Å². The number of hydrogen-bond donors (Lipinski definition) is 1. The Morgan fingerprint density at radius 2 is 1.92 bits per heavy atom. The zero-order valence-electron chi connectivity index (χ0n) is 9.02. The molecule has 0 amide bonds. The van der Waals surface area contributed by atoms with Crippen molar-refractivity contribution in [3.8, 4) is 0 Å². The summed E-state index contributed by atoms with van der Waals surface area (Å²) >= 11 is 0. The highest BCUT2D eigenvalue weighted by atomic mass is 14.8. The molecule has 1 N–H and O–H groups in total. The fourth-order valence-corrected chi connectivity index (χ4v) is 1.30. The lowest BCUT2D eigenvalue weighted by Gasteiger charge is -2.19. The van der Waals surface area contributed by atoms with Crippen molar-refractivity contribution in [2.45, 2.75) is 33.1 Å². The zero-order valence-corrected chi connectivity index (χ0v) is 9.02. The molecule has 13 heavy (non-hydrogen) atoms. The Morgan fingerprint density at radius 1 is 1.23 bits per heavy atom. The van der Waals surface area contributed by atoms with E-state index in [0.29, 0.717) is 0 Å². The Hall–Kier alpha value is -0.980. The molecule has 0 spiro atoms. The summed E-state index contributed by atoms with van der Waals surface area (Å²) < 4.78 is 0. The minimum atomic E-state index is 0.241. The van der Waals surface area contributed by atoms with Gasteiger partial charge in [0.1, 0.15) is 0 Å². The maximum absolute atomic E-state index is 3.32. The second-order valence-electron chi connectivity index (χ2n) is 4.36. The molecule has 0 saturated heterocycles. The van der Waals surface area contributed by atoms with Gasteiger partial charge < -0.3 is 5.32 Å². The van der Waals surface area contributed by atoms with Crippen molar-refractivity contribution in [2.24, 2.45) is 0 Å². The molecule has 0 aliphatic carbocycles. The summed E-state index contributed by atoms with van der Waals surface area (Å²) in [6.07, 6.45) is 0. The average Bonchev–Trinajstić information content (AvgIpc) is 2.04. The summed E-state index contributed by atoms with van der Waals surface area (Å²) in [7, 11) is 0. The van der Waals surface area contributed by atoms with Crippen molar-refractivity contribution in [1.29, 1.82) is 0 Å². The Labute approximate surface area is 81.2 Å². The van der Waals surface area contributed by atoms with Gasteiger partial charge in [-0.25, -0.2) is 0 Å². The van der Waals surface area contributed by atoms with Crippen molar-refractivity contribution in [1.82, 2.24) is 0 Å². The molecule has 1 heteroatoms.